The molecular weight excluding hydrogens is 1680 g/mol. The minimum absolute atomic E-state index is 0.0457. The predicted molar refractivity (Wildman–Crippen MR) is 447 cm³/mol. The Morgan fingerprint density at radius 3 is 1.93 bits per heavy atom. The number of phenols is 3. The number of ether oxygens (including phenoxy) is 6. The molecule has 9 heterocycles. The van der Waals surface area contributed by atoms with Gasteiger partial charge < -0.3 is 128 Å². The highest BCUT2D eigenvalue weighted by Gasteiger charge is 2.53. The maximum absolute atomic E-state index is 16.3. The number of hydrogen-bond donors (Lipinski definition) is 19. The van der Waals surface area contributed by atoms with Crippen LogP contribution in [0.2, 0.25) is 10.0 Å². The Hall–Kier alpha value is -11.7. The molecule has 3 saturated heterocycles. The standard InChI is InChI=1S/C87H97Cl2N13O24/c1-39(2)25-54(91-5)79(113)97-69-72(108)44-19-22-58(52(88)27-44)122-60-29-46-30-61(76(60)126-86-77(75(111)74(110)62(38-103)124-86)125-64-34-87(4,78(112)40(3)121-64)92-24-12-17-47-35-102(100-99-47)48-36-101(37-48)71(41-13-8-6-9-14-41)42-15-10-7-11-16-42)123-59-23-20-45(28-53(59)89)73(109)70-84(118)96-68(85(119)120)51-31-49(104)32-57(106)65(51)50-26-43(18-21-56(50)105)66(81(115)98-70)95-82(116)67(46)94-80(114)55(33-63(90)107)93-83(69)117/h6-11,13-16,18-23,26-32,35,39-40,48,54-55,62,64,66-75,77-78,86,91-92,103-106,108-112H,12,17,24-25,33-34,36-38H2,1-5H3,(H2,90,107)(H,93,117)(H,94,114)(H,95,116)(H,96,118)(H,97,113)(H,98,115)(H,119,120)/t40-,54+,55-,62+,64-,66+,67+,68-,69+,70-,72+,73+,74+,75-,77+,78+,86-,87-/m0/s1. The number of phenolic OH excluding ortho intramolecular Hbond substituents is 3. The van der Waals surface area contributed by atoms with Gasteiger partial charge in [0.25, 0.3) is 0 Å². The van der Waals surface area contributed by atoms with Gasteiger partial charge in [0.15, 0.2) is 29.9 Å². The Kier molecular flexibility index (Phi) is 27.5. The van der Waals surface area contributed by atoms with Crippen LogP contribution in [0.15, 0.2) is 146 Å². The van der Waals surface area contributed by atoms with Crippen molar-refractivity contribution in [1.29, 1.82) is 0 Å². The second-order valence-electron chi connectivity index (χ2n) is 32.7. The van der Waals surface area contributed by atoms with Crippen molar-refractivity contribution in [2.75, 3.05) is 33.3 Å². The number of aliphatic hydroxyl groups is 6. The average Bonchev–Trinajstić information content (AvgIpc) is 0.799. The number of likely N-dealkylation sites (N-methyl/N-ethyl adjacent to an activating group) is 1. The Morgan fingerprint density at radius 1 is 0.698 bits per heavy atom. The Morgan fingerprint density at radius 2 is 1.32 bits per heavy atom. The maximum atomic E-state index is 16.3. The number of rotatable bonds is 22. The number of carboxylic acid groups (broad SMARTS) is 1. The lowest BCUT2D eigenvalue weighted by atomic mass is 9.85. The summed E-state index contributed by atoms with van der Waals surface area (Å²) in [5, 5.41) is 146. The second-order valence-corrected chi connectivity index (χ2v) is 33.5. The summed E-state index contributed by atoms with van der Waals surface area (Å²) in [4.78, 5) is 121. The summed E-state index contributed by atoms with van der Waals surface area (Å²) in [6.45, 7) is 7.76. The number of nitrogens with zero attached hydrogens (tertiary/aromatic N) is 4. The molecule has 8 aliphatic heterocycles. The molecule has 8 aliphatic rings. The van der Waals surface area contributed by atoms with Crippen LogP contribution >= 0.6 is 23.2 Å². The van der Waals surface area contributed by atoms with Crippen LogP contribution in [0.4, 0.5) is 0 Å². The fraction of sp³-hybridized carbons (Fsp3) is 0.402. The van der Waals surface area contributed by atoms with Gasteiger partial charge >= 0.3 is 5.97 Å². The summed E-state index contributed by atoms with van der Waals surface area (Å²) in [6.07, 6.45) is -15.7. The average molecular weight is 1780 g/mol. The van der Waals surface area contributed by atoms with E-state index in [1.165, 1.54) is 30.3 Å². The molecule has 0 unspecified atom stereocenters. The first-order valence-electron chi connectivity index (χ1n) is 40.8. The number of aliphatic carboxylic acids is 1. The van der Waals surface area contributed by atoms with E-state index < -0.39 is 237 Å². The number of likely N-dealkylation sites (tertiary alicyclic amines) is 1. The topological polar surface area (TPSA) is 550 Å². The molecule has 16 rings (SSSR count). The Labute approximate surface area is 730 Å². The SMILES string of the molecule is CN[C@H](CC(C)C)C(=O)N[C@H]1C(=O)N[C@@H](CC(N)=O)C(=O)N[C@H]2C(=O)N[C@H]3C(=O)N[C@H](C(=O)N[C@H](C(=O)O)c4cc(O)cc(O)c4-c4cc3ccc4O)[C@H](O)c3ccc(c(Cl)c3)Oc3cc2cc(c3O[C@@H]2O[C@H](CO)[C@@H](O)[C@H](O)[C@H]2O[C@H]2C[C@](C)(NCCCc3cn(C4CN(C(c5ccccc5)c5ccccc5)C4)nn3)[C@H](O)[C@H](C)O2)Oc2ccc(cc2Cl)[C@H]1O. The van der Waals surface area contributed by atoms with Crippen molar-refractivity contribution < 1.29 is 118 Å². The third-order valence-electron chi connectivity index (χ3n) is 23.3. The van der Waals surface area contributed by atoms with Gasteiger partial charge in [0.2, 0.25) is 53.4 Å². The molecule has 0 spiro atoms. The summed E-state index contributed by atoms with van der Waals surface area (Å²) >= 11 is 14.4. The van der Waals surface area contributed by atoms with Crippen LogP contribution in [0.25, 0.3) is 11.1 Å². The van der Waals surface area contributed by atoms with Crippen LogP contribution in [0, 0.1) is 5.92 Å². The van der Waals surface area contributed by atoms with E-state index in [0.29, 0.717) is 19.4 Å². The molecule has 0 aliphatic carbocycles. The molecule has 8 aromatic rings. The van der Waals surface area contributed by atoms with Crippen molar-refractivity contribution in [3.63, 3.8) is 0 Å². The van der Waals surface area contributed by atoms with Crippen molar-refractivity contribution in [2.24, 2.45) is 11.7 Å². The highest BCUT2D eigenvalue weighted by atomic mass is 35.5. The number of halogens is 2. The first-order chi connectivity index (χ1) is 60.2. The van der Waals surface area contributed by atoms with Gasteiger partial charge in [-0.1, -0.05) is 121 Å². The number of aryl methyl sites for hydroxylation is 1. The number of carbonyl (C=O) groups is 8. The second kappa shape index (κ2) is 38.3. The molecule has 37 nitrogen and oxygen atoms in total. The van der Waals surface area contributed by atoms with Crippen molar-refractivity contribution >= 4 is 70.5 Å². The van der Waals surface area contributed by atoms with Crippen molar-refractivity contribution in [2.45, 2.75) is 181 Å². The van der Waals surface area contributed by atoms with Crippen LogP contribution in [-0.2, 0) is 59.0 Å². The van der Waals surface area contributed by atoms with E-state index in [-0.39, 0.29) is 58.3 Å². The molecule has 0 radical (unpaired) electrons. The molecule has 11 bridgehead atoms. The molecule has 39 heteroatoms. The van der Waals surface area contributed by atoms with E-state index >= 15 is 19.2 Å². The molecule has 20 N–H and O–H groups in total. The number of aliphatic hydroxyl groups excluding tert-OH is 6. The van der Waals surface area contributed by atoms with Gasteiger partial charge in [-0.05, 0) is 141 Å². The quantitative estimate of drug-likeness (QED) is 0.0431. The highest BCUT2D eigenvalue weighted by molar-refractivity contribution is 6.32. The first-order valence-corrected chi connectivity index (χ1v) is 41.6. The summed E-state index contributed by atoms with van der Waals surface area (Å²) < 4.78 is 41.6. The van der Waals surface area contributed by atoms with E-state index in [1.807, 2.05) is 61.1 Å². The van der Waals surface area contributed by atoms with Gasteiger partial charge in [0, 0.05) is 54.0 Å². The zero-order chi connectivity index (χ0) is 90.0. The normalized spacial score (nSPS) is 26.8. The van der Waals surface area contributed by atoms with Crippen LogP contribution in [-0.4, -0.2) is 230 Å². The summed E-state index contributed by atoms with van der Waals surface area (Å²) in [5.41, 5.74) is 4.81. The zero-order valence-electron chi connectivity index (χ0n) is 68.6. The van der Waals surface area contributed by atoms with Crippen molar-refractivity contribution in [1.82, 2.24) is 62.4 Å². The van der Waals surface area contributed by atoms with E-state index in [1.54, 1.807) is 13.8 Å². The molecule has 668 valence electrons. The van der Waals surface area contributed by atoms with E-state index in [2.05, 4.69) is 82.0 Å². The van der Waals surface area contributed by atoms with Crippen LogP contribution < -0.4 is 62.5 Å². The lowest BCUT2D eigenvalue weighted by Gasteiger charge is -2.48. The fourth-order valence-electron chi connectivity index (χ4n) is 16.6. The highest BCUT2D eigenvalue weighted by Crippen LogP contribution is 2.50. The lowest BCUT2D eigenvalue weighted by molar-refractivity contribution is -0.334. The minimum Gasteiger partial charge on any atom is -0.508 e. The maximum Gasteiger partial charge on any atom is 0.330 e. The number of hydrogen-bond acceptors (Lipinski definition) is 28. The number of carboxylic acids is 1. The van der Waals surface area contributed by atoms with Gasteiger partial charge in [-0.25, -0.2) is 9.48 Å². The largest absolute Gasteiger partial charge is 0.508 e. The minimum atomic E-state index is -2.37. The van der Waals surface area contributed by atoms with E-state index in [9.17, 15) is 70.2 Å². The van der Waals surface area contributed by atoms with Gasteiger partial charge in [-0.2, -0.15) is 0 Å². The molecule has 0 saturated carbocycles. The van der Waals surface area contributed by atoms with Crippen LogP contribution in [0.5, 0.6) is 46.0 Å². The number of amides is 7. The summed E-state index contributed by atoms with van der Waals surface area (Å²) in [7, 11) is 1.48. The molecule has 126 heavy (non-hydrogen) atoms. The van der Waals surface area contributed by atoms with Crippen LogP contribution in [0.1, 0.15) is 140 Å². The number of aromatic nitrogens is 3. The predicted octanol–water partition coefficient (Wildman–Crippen LogP) is 3.61. The molecule has 7 aromatic carbocycles. The monoisotopic (exact) mass is 1780 g/mol. The third kappa shape index (κ3) is 19.5. The zero-order valence-corrected chi connectivity index (χ0v) is 70.1. The summed E-state index contributed by atoms with van der Waals surface area (Å²) in [6, 6.07) is 20.1. The van der Waals surface area contributed by atoms with Crippen LogP contribution in [0.3, 0.4) is 0 Å². The van der Waals surface area contributed by atoms with Gasteiger partial charge in [-0.3, -0.25) is 38.5 Å². The third-order valence-corrected chi connectivity index (χ3v) is 23.9. The summed E-state index contributed by atoms with van der Waals surface area (Å²) in [5.74, 6) is -16.0. The first kappa shape index (κ1) is 90.6. The van der Waals surface area contributed by atoms with E-state index in [4.69, 9.17) is 57.4 Å². The number of aromatic hydroxyl groups is 3. The van der Waals surface area contributed by atoms with Crippen molar-refractivity contribution in [3.05, 3.63) is 200 Å². The Balaban J connectivity index is 0.854. The van der Waals surface area contributed by atoms with Gasteiger partial charge in [0.05, 0.1) is 59.1 Å². The fourth-order valence-corrected chi connectivity index (χ4v) is 17.1. The Bertz CT molecular complexity index is 5370. The number of nitrogens with one attached hydrogen (secondary N) is 8. The number of fused-ring (bicyclic) bond motifs is 15. The molecule has 3 fully saturated rings. The van der Waals surface area contributed by atoms with Crippen molar-refractivity contribution in [3.8, 4) is 57.1 Å². The molecular formula is C87H97Cl2N13O24. The molecule has 7 amide bonds. The lowest BCUT2D eigenvalue weighted by Crippen LogP contribution is -2.65. The van der Waals surface area contributed by atoms with E-state index in [0.717, 1.165) is 85.5 Å². The number of benzene rings is 7. The van der Waals surface area contributed by atoms with Gasteiger partial charge in [0.1, 0.15) is 89.5 Å². The molecule has 1 aromatic heterocycles. The smallest absolute Gasteiger partial charge is 0.330 e. The number of nitrogens with two attached hydrogens (primary N) is 1. The molecule has 18 atom stereocenters. The number of carbonyl (C=O) groups excluding carboxylic acids is 7. The van der Waals surface area contributed by atoms with Gasteiger partial charge in [-0.15, -0.1) is 5.10 Å². The number of primary amides is 1.